The maximum absolute atomic E-state index is 12.2. The largest absolute Gasteiger partial charge is 0.485 e. The van der Waals surface area contributed by atoms with Crippen LogP contribution in [0, 0.1) is 0 Å². The summed E-state index contributed by atoms with van der Waals surface area (Å²) in [6, 6.07) is 13.7. The molecule has 0 N–H and O–H groups in total. The molecule has 2 aromatic heterocycles. The quantitative estimate of drug-likeness (QED) is 0.675. The van der Waals surface area contributed by atoms with Gasteiger partial charge in [-0.15, -0.1) is 0 Å². The Bertz CT molecular complexity index is 998. The van der Waals surface area contributed by atoms with E-state index in [1.165, 1.54) is 10.5 Å². The molecule has 7 nitrogen and oxygen atoms in total. The number of ether oxygens (including phenoxy) is 3. The van der Waals surface area contributed by atoms with Crippen LogP contribution in [0.1, 0.15) is 5.69 Å². The van der Waals surface area contributed by atoms with Gasteiger partial charge in [-0.05, 0) is 24.3 Å². The first kappa shape index (κ1) is 15.2. The molecule has 4 rings (SSSR count). The number of hydrogen-bond donors (Lipinski definition) is 0. The van der Waals surface area contributed by atoms with Crippen molar-refractivity contribution in [1.82, 2.24) is 9.38 Å². The van der Waals surface area contributed by atoms with E-state index in [1.807, 2.05) is 6.07 Å². The van der Waals surface area contributed by atoms with Crippen molar-refractivity contribution in [2.75, 3.05) is 6.61 Å². The highest BCUT2D eigenvalue weighted by Gasteiger charge is 2.28. The summed E-state index contributed by atoms with van der Waals surface area (Å²) in [7, 11) is 0. The maximum Gasteiger partial charge on any atom is 0.351 e. The van der Waals surface area contributed by atoms with Gasteiger partial charge in [-0.2, -0.15) is 0 Å². The molecule has 0 saturated carbocycles. The van der Waals surface area contributed by atoms with E-state index in [0.29, 0.717) is 22.8 Å². The zero-order chi connectivity index (χ0) is 17.2. The highest BCUT2D eigenvalue weighted by Crippen LogP contribution is 2.31. The standard InChI is InChI=1S/C18H14N2O5/c21-17-9-12(19-16-7-3-4-8-20(16)17)10-24-18(22)15-11-23-13-5-1-2-6-14(13)25-15/h1-9,15H,10-11H2/t15-/m1/s1. The van der Waals surface area contributed by atoms with Gasteiger partial charge in [-0.3, -0.25) is 9.20 Å². The topological polar surface area (TPSA) is 79.1 Å². The lowest BCUT2D eigenvalue weighted by atomic mass is 10.2. The normalized spacial score (nSPS) is 15.8. The average Bonchev–Trinajstić information content (AvgIpc) is 2.66. The number of carbonyl (C=O) groups is 1. The third kappa shape index (κ3) is 3.03. The summed E-state index contributed by atoms with van der Waals surface area (Å²) in [4.78, 5) is 28.5. The SMILES string of the molecule is O=C(OCc1cc(=O)n2ccccc2n1)[C@H]1COc2ccccc2O1. The molecule has 25 heavy (non-hydrogen) atoms. The minimum Gasteiger partial charge on any atom is -0.485 e. The van der Waals surface area contributed by atoms with Gasteiger partial charge in [0.25, 0.3) is 5.56 Å². The monoisotopic (exact) mass is 338 g/mol. The van der Waals surface area contributed by atoms with Crippen LogP contribution in [-0.4, -0.2) is 28.1 Å². The molecular weight excluding hydrogens is 324 g/mol. The van der Waals surface area contributed by atoms with E-state index in [0.717, 1.165) is 0 Å². The summed E-state index contributed by atoms with van der Waals surface area (Å²) in [5, 5.41) is 0. The van der Waals surface area contributed by atoms with E-state index in [2.05, 4.69) is 4.98 Å². The number of pyridine rings is 1. The number of nitrogens with zero attached hydrogens (tertiary/aromatic N) is 2. The summed E-state index contributed by atoms with van der Waals surface area (Å²) >= 11 is 0. The van der Waals surface area contributed by atoms with Crippen molar-refractivity contribution in [2.24, 2.45) is 0 Å². The zero-order valence-electron chi connectivity index (χ0n) is 13.1. The average molecular weight is 338 g/mol. The molecule has 0 amide bonds. The molecule has 0 unspecified atom stereocenters. The molecule has 3 aromatic rings. The lowest BCUT2D eigenvalue weighted by Crippen LogP contribution is -2.37. The van der Waals surface area contributed by atoms with Crippen LogP contribution in [0.3, 0.4) is 0 Å². The van der Waals surface area contributed by atoms with Crippen LogP contribution in [0.25, 0.3) is 5.65 Å². The predicted octanol–water partition coefficient (Wildman–Crippen LogP) is 1.58. The molecule has 1 aliphatic heterocycles. The van der Waals surface area contributed by atoms with Crippen molar-refractivity contribution >= 4 is 11.6 Å². The van der Waals surface area contributed by atoms with Gasteiger partial charge in [0.2, 0.25) is 6.10 Å². The molecule has 1 aliphatic rings. The Balaban J connectivity index is 1.45. The number of benzene rings is 1. The minimum atomic E-state index is -0.851. The fraction of sp³-hybridized carbons (Fsp3) is 0.167. The van der Waals surface area contributed by atoms with Crippen LogP contribution in [0.5, 0.6) is 11.5 Å². The van der Waals surface area contributed by atoms with Gasteiger partial charge in [-0.1, -0.05) is 18.2 Å². The first-order valence-electron chi connectivity index (χ1n) is 7.73. The highest BCUT2D eigenvalue weighted by atomic mass is 16.6. The van der Waals surface area contributed by atoms with Gasteiger partial charge < -0.3 is 14.2 Å². The van der Waals surface area contributed by atoms with Gasteiger partial charge >= 0.3 is 5.97 Å². The number of esters is 1. The van der Waals surface area contributed by atoms with E-state index in [-0.39, 0.29) is 18.8 Å². The summed E-state index contributed by atoms with van der Waals surface area (Å²) in [5.74, 6) is 0.526. The van der Waals surface area contributed by atoms with Crippen LogP contribution < -0.4 is 15.0 Å². The second-order valence-corrected chi connectivity index (χ2v) is 5.49. The zero-order valence-corrected chi connectivity index (χ0v) is 13.1. The molecule has 0 radical (unpaired) electrons. The van der Waals surface area contributed by atoms with Crippen LogP contribution in [0.15, 0.2) is 59.5 Å². The van der Waals surface area contributed by atoms with Crippen LogP contribution in [-0.2, 0) is 16.1 Å². The summed E-state index contributed by atoms with van der Waals surface area (Å²) in [6.45, 7) is -0.0371. The van der Waals surface area contributed by atoms with E-state index < -0.39 is 12.1 Å². The second kappa shape index (κ2) is 6.27. The van der Waals surface area contributed by atoms with Crippen LogP contribution >= 0.6 is 0 Å². The summed E-state index contributed by atoms with van der Waals surface area (Å²) in [5.41, 5.74) is 0.636. The third-order valence-corrected chi connectivity index (χ3v) is 3.76. The van der Waals surface area contributed by atoms with E-state index in [1.54, 1.807) is 42.6 Å². The first-order chi connectivity index (χ1) is 12.2. The molecule has 0 saturated heterocycles. The molecule has 1 atom stereocenters. The van der Waals surface area contributed by atoms with E-state index >= 15 is 0 Å². The molecule has 0 fully saturated rings. The lowest BCUT2D eigenvalue weighted by Gasteiger charge is -2.24. The number of para-hydroxylation sites is 2. The Labute approximate surface area is 142 Å². The molecule has 0 bridgehead atoms. The lowest BCUT2D eigenvalue weighted by molar-refractivity contribution is -0.156. The van der Waals surface area contributed by atoms with Gasteiger partial charge in [0.05, 0.1) is 5.69 Å². The minimum absolute atomic E-state index is 0.0731. The number of rotatable bonds is 3. The Kier molecular flexibility index (Phi) is 3.81. The Morgan fingerprint density at radius 3 is 2.88 bits per heavy atom. The van der Waals surface area contributed by atoms with Crippen molar-refractivity contribution < 1.29 is 19.0 Å². The van der Waals surface area contributed by atoms with Gasteiger partial charge in [0.1, 0.15) is 18.9 Å². The summed E-state index contributed by atoms with van der Waals surface area (Å²) in [6.07, 6.45) is 0.780. The molecular formula is C18H14N2O5. The maximum atomic E-state index is 12.2. The Hall–Kier alpha value is -3.35. The van der Waals surface area contributed by atoms with Crippen LogP contribution in [0.4, 0.5) is 0 Å². The van der Waals surface area contributed by atoms with Gasteiger partial charge in [-0.25, -0.2) is 9.78 Å². The van der Waals surface area contributed by atoms with Gasteiger partial charge in [0.15, 0.2) is 11.5 Å². The molecule has 1 aromatic carbocycles. The second-order valence-electron chi connectivity index (χ2n) is 5.49. The fourth-order valence-corrected chi connectivity index (χ4v) is 2.55. The van der Waals surface area contributed by atoms with Crippen molar-refractivity contribution in [2.45, 2.75) is 12.7 Å². The van der Waals surface area contributed by atoms with Crippen molar-refractivity contribution in [3.8, 4) is 11.5 Å². The molecule has 7 heteroatoms. The third-order valence-electron chi connectivity index (χ3n) is 3.76. The molecule has 0 spiro atoms. The number of aromatic nitrogens is 2. The number of fused-ring (bicyclic) bond motifs is 2. The van der Waals surface area contributed by atoms with Crippen LogP contribution in [0.2, 0.25) is 0 Å². The molecule has 126 valence electrons. The highest BCUT2D eigenvalue weighted by molar-refractivity contribution is 5.76. The molecule has 0 aliphatic carbocycles. The van der Waals surface area contributed by atoms with Crippen molar-refractivity contribution in [1.29, 1.82) is 0 Å². The Morgan fingerprint density at radius 2 is 2.00 bits per heavy atom. The smallest absolute Gasteiger partial charge is 0.351 e. The summed E-state index contributed by atoms with van der Waals surface area (Å²) < 4.78 is 17.7. The fourth-order valence-electron chi connectivity index (χ4n) is 2.55. The van der Waals surface area contributed by atoms with E-state index in [9.17, 15) is 9.59 Å². The molecule has 3 heterocycles. The van der Waals surface area contributed by atoms with Crippen molar-refractivity contribution in [3.63, 3.8) is 0 Å². The number of carbonyl (C=O) groups excluding carboxylic acids is 1. The Morgan fingerprint density at radius 1 is 1.20 bits per heavy atom. The predicted molar refractivity (Wildman–Crippen MR) is 87.6 cm³/mol. The van der Waals surface area contributed by atoms with Gasteiger partial charge in [0, 0.05) is 12.3 Å². The number of hydrogen-bond acceptors (Lipinski definition) is 6. The van der Waals surface area contributed by atoms with E-state index in [4.69, 9.17) is 14.2 Å². The van der Waals surface area contributed by atoms with Crippen molar-refractivity contribution in [3.05, 3.63) is 70.8 Å². The first-order valence-corrected chi connectivity index (χ1v) is 7.73.